The standard InChI is InChI=1S/C19H15BrN2O3S/c1-12(23)21-16-8-4-13(5-9-16)10-17-18(24)22(19(25)26-17)11-14-2-6-15(20)7-3-14/h2-10H,11H2,1H3,(H,21,23)/b17-10+. The minimum absolute atomic E-state index is 0.146. The molecule has 0 bridgehead atoms. The Balaban J connectivity index is 1.74. The molecule has 1 saturated heterocycles. The van der Waals surface area contributed by atoms with Gasteiger partial charge in [0.25, 0.3) is 11.1 Å². The van der Waals surface area contributed by atoms with Crippen molar-refractivity contribution < 1.29 is 14.4 Å². The summed E-state index contributed by atoms with van der Waals surface area (Å²) < 4.78 is 0.943. The third-order valence-corrected chi connectivity index (χ3v) is 5.09. The number of anilines is 1. The average molecular weight is 431 g/mol. The van der Waals surface area contributed by atoms with E-state index in [0.29, 0.717) is 10.6 Å². The largest absolute Gasteiger partial charge is 0.326 e. The molecule has 7 heteroatoms. The second-order valence-corrected chi connectivity index (χ2v) is 7.61. The Labute approximate surface area is 163 Å². The smallest absolute Gasteiger partial charge is 0.293 e. The lowest BCUT2D eigenvalue weighted by molar-refractivity contribution is -0.123. The number of halogens is 1. The Morgan fingerprint density at radius 1 is 1.12 bits per heavy atom. The van der Waals surface area contributed by atoms with Crippen molar-refractivity contribution in [3.8, 4) is 0 Å². The van der Waals surface area contributed by atoms with E-state index in [0.717, 1.165) is 27.4 Å². The third kappa shape index (κ3) is 4.42. The molecule has 3 rings (SSSR count). The SMILES string of the molecule is CC(=O)Nc1ccc(/C=C2/SC(=O)N(Cc3ccc(Br)cc3)C2=O)cc1. The minimum Gasteiger partial charge on any atom is -0.326 e. The summed E-state index contributed by atoms with van der Waals surface area (Å²) >= 11 is 4.30. The fourth-order valence-corrected chi connectivity index (χ4v) is 3.53. The molecule has 1 aliphatic rings. The van der Waals surface area contributed by atoms with Gasteiger partial charge in [-0.15, -0.1) is 0 Å². The Kier molecular flexibility index (Phi) is 5.58. The number of hydrogen-bond donors (Lipinski definition) is 1. The molecule has 1 N–H and O–H groups in total. The van der Waals surface area contributed by atoms with Gasteiger partial charge < -0.3 is 5.32 Å². The normalized spacial score (nSPS) is 15.6. The fourth-order valence-electron chi connectivity index (χ4n) is 2.43. The molecule has 0 radical (unpaired) electrons. The lowest BCUT2D eigenvalue weighted by Crippen LogP contribution is -2.27. The lowest BCUT2D eigenvalue weighted by atomic mass is 10.2. The number of nitrogens with one attached hydrogen (secondary N) is 1. The Morgan fingerprint density at radius 2 is 1.77 bits per heavy atom. The molecule has 5 nitrogen and oxygen atoms in total. The first-order valence-electron chi connectivity index (χ1n) is 7.80. The molecule has 132 valence electrons. The van der Waals surface area contributed by atoms with Gasteiger partial charge in [-0.2, -0.15) is 0 Å². The van der Waals surface area contributed by atoms with Crippen molar-refractivity contribution in [1.82, 2.24) is 4.90 Å². The molecule has 0 spiro atoms. The molecule has 0 saturated carbocycles. The van der Waals surface area contributed by atoms with Crippen molar-refractivity contribution in [1.29, 1.82) is 0 Å². The molecular formula is C19H15BrN2O3S. The topological polar surface area (TPSA) is 66.5 Å². The Morgan fingerprint density at radius 3 is 2.38 bits per heavy atom. The zero-order chi connectivity index (χ0) is 18.7. The summed E-state index contributed by atoms with van der Waals surface area (Å²) in [5, 5.41) is 2.40. The number of benzene rings is 2. The van der Waals surface area contributed by atoms with E-state index in [1.165, 1.54) is 11.8 Å². The molecular weight excluding hydrogens is 416 g/mol. The van der Waals surface area contributed by atoms with E-state index in [-0.39, 0.29) is 23.6 Å². The maximum atomic E-state index is 12.6. The van der Waals surface area contributed by atoms with E-state index in [9.17, 15) is 14.4 Å². The van der Waals surface area contributed by atoms with Crippen LogP contribution in [0.25, 0.3) is 6.08 Å². The van der Waals surface area contributed by atoms with Crippen LogP contribution in [0.2, 0.25) is 0 Å². The van der Waals surface area contributed by atoms with Crippen molar-refractivity contribution in [2.75, 3.05) is 5.32 Å². The monoisotopic (exact) mass is 430 g/mol. The Bertz CT molecular complexity index is 892. The van der Waals surface area contributed by atoms with Crippen LogP contribution in [0, 0.1) is 0 Å². The van der Waals surface area contributed by atoms with E-state index in [4.69, 9.17) is 0 Å². The van der Waals surface area contributed by atoms with Crippen molar-refractivity contribution in [2.45, 2.75) is 13.5 Å². The highest BCUT2D eigenvalue weighted by Crippen LogP contribution is 2.33. The molecule has 0 unspecified atom stereocenters. The van der Waals surface area contributed by atoms with Crippen LogP contribution in [-0.2, 0) is 16.1 Å². The van der Waals surface area contributed by atoms with Crippen LogP contribution in [0.3, 0.4) is 0 Å². The number of thioether (sulfide) groups is 1. The van der Waals surface area contributed by atoms with Gasteiger partial charge in [-0.3, -0.25) is 19.3 Å². The number of carbonyl (C=O) groups is 3. The van der Waals surface area contributed by atoms with E-state index < -0.39 is 0 Å². The average Bonchev–Trinajstić information content (AvgIpc) is 2.85. The van der Waals surface area contributed by atoms with Crippen LogP contribution < -0.4 is 5.32 Å². The summed E-state index contributed by atoms with van der Waals surface area (Å²) in [6.07, 6.45) is 1.68. The van der Waals surface area contributed by atoms with Crippen LogP contribution in [0.1, 0.15) is 18.1 Å². The summed E-state index contributed by atoms with van der Waals surface area (Å²) in [7, 11) is 0. The maximum Gasteiger partial charge on any atom is 0.293 e. The van der Waals surface area contributed by atoms with Crippen molar-refractivity contribution in [2.24, 2.45) is 0 Å². The summed E-state index contributed by atoms with van der Waals surface area (Å²) in [6, 6.07) is 14.6. The molecule has 0 aromatic heterocycles. The molecule has 0 aliphatic carbocycles. The van der Waals surface area contributed by atoms with E-state index in [1.54, 1.807) is 30.3 Å². The molecule has 1 heterocycles. The first-order chi connectivity index (χ1) is 12.4. The number of carbonyl (C=O) groups excluding carboxylic acids is 3. The highest BCUT2D eigenvalue weighted by molar-refractivity contribution is 9.10. The van der Waals surface area contributed by atoms with Gasteiger partial charge in [0.15, 0.2) is 0 Å². The van der Waals surface area contributed by atoms with E-state index >= 15 is 0 Å². The molecule has 3 amide bonds. The lowest BCUT2D eigenvalue weighted by Gasteiger charge is -2.12. The first kappa shape index (κ1) is 18.4. The molecule has 26 heavy (non-hydrogen) atoms. The quantitative estimate of drug-likeness (QED) is 0.717. The second kappa shape index (κ2) is 7.88. The van der Waals surface area contributed by atoms with Gasteiger partial charge in [0.1, 0.15) is 0 Å². The van der Waals surface area contributed by atoms with Crippen molar-refractivity contribution >= 4 is 56.5 Å². The summed E-state index contributed by atoms with van der Waals surface area (Å²) in [6.45, 7) is 1.69. The first-order valence-corrected chi connectivity index (χ1v) is 9.41. The molecule has 1 aliphatic heterocycles. The van der Waals surface area contributed by atoms with Gasteiger partial charge in [0.05, 0.1) is 11.4 Å². The van der Waals surface area contributed by atoms with Crippen LogP contribution in [0.15, 0.2) is 57.9 Å². The van der Waals surface area contributed by atoms with Crippen LogP contribution in [0.5, 0.6) is 0 Å². The van der Waals surface area contributed by atoms with Crippen molar-refractivity contribution in [3.63, 3.8) is 0 Å². The van der Waals surface area contributed by atoms with E-state index in [2.05, 4.69) is 21.2 Å². The molecule has 2 aromatic rings. The summed E-state index contributed by atoms with van der Waals surface area (Å²) in [5.41, 5.74) is 2.35. The predicted molar refractivity (Wildman–Crippen MR) is 106 cm³/mol. The van der Waals surface area contributed by atoms with Crippen molar-refractivity contribution in [3.05, 3.63) is 69.0 Å². The highest BCUT2D eigenvalue weighted by atomic mass is 79.9. The van der Waals surface area contributed by atoms with Gasteiger partial charge in [-0.1, -0.05) is 40.2 Å². The Hall–Kier alpha value is -2.38. The minimum atomic E-state index is -0.297. The highest BCUT2D eigenvalue weighted by Gasteiger charge is 2.34. The number of hydrogen-bond acceptors (Lipinski definition) is 4. The van der Waals surface area contributed by atoms with Crippen LogP contribution in [0.4, 0.5) is 10.5 Å². The van der Waals surface area contributed by atoms with Crippen LogP contribution >= 0.6 is 27.7 Å². The number of nitrogens with zero attached hydrogens (tertiary/aromatic N) is 1. The van der Waals surface area contributed by atoms with Gasteiger partial charge in [0, 0.05) is 17.1 Å². The maximum absolute atomic E-state index is 12.6. The zero-order valence-electron chi connectivity index (χ0n) is 13.9. The summed E-state index contributed by atoms with van der Waals surface area (Å²) in [4.78, 5) is 37.4. The van der Waals surface area contributed by atoms with Gasteiger partial charge in [-0.25, -0.2) is 0 Å². The van der Waals surface area contributed by atoms with Crippen LogP contribution in [-0.4, -0.2) is 22.0 Å². The van der Waals surface area contributed by atoms with Gasteiger partial charge in [0.2, 0.25) is 5.91 Å². The third-order valence-electron chi connectivity index (χ3n) is 3.66. The second-order valence-electron chi connectivity index (χ2n) is 5.70. The number of amides is 3. The molecule has 1 fully saturated rings. The van der Waals surface area contributed by atoms with Gasteiger partial charge >= 0.3 is 0 Å². The van der Waals surface area contributed by atoms with Gasteiger partial charge in [-0.05, 0) is 53.2 Å². The summed E-state index contributed by atoms with van der Waals surface area (Å²) in [5.74, 6) is -0.444. The number of rotatable bonds is 4. The predicted octanol–water partition coefficient (Wildman–Crippen LogP) is 4.64. The van der Waals surface area contributed by atoms with E-state index in [1.807, 2.05) is 24.3 Å². The zero-order valence-corrected chi connectivity index (χ0v) is 16.3. The molecule has 2 aromatic carbocycles. The fraction of sp³-hybridized carbons (Fsp3) is 0.105. The molecule has 0 atom stereocenters. The number of imide groups is 1.